The third-order valence-electron chi connectivity index (χ3n) is 4.44. The fraction of sp³-hybridized carbons (Fsp3) is 0.333. The van der Waals surface area contributed by atoms with Crippen LogP contribution in [0.1, 0.15) is 29.4 Å². The Bertz CT molecular complexity index is 981. The summed E-state index contributed by atoms with van der Waals surface area (Å²) in [5, 5.41) is 2.49. The van der Waals surface area contributed by atoms with E-state index < -0.39 is 42.0 Å². The van der Waals surface area contributed by atoms with Crippen molar-refractivity contribution in [2.75, 3.05) is 12.4 Å². The zero-order valence-corrected chi connectivity index (χ0v) is 15.8. The van der Waals surface area contributed by atoms with Gasteiger partial charge in [-0.05, 0) is 25.1 Å². The van der Waals surface area contributed by atoms with Gasteiger partial charge in [-0.1, -0.05) is 0 Å². The normalized spacial score (nSPS) is 21.4. The number of methoxy groups -OCH3 is 1. The Kier molecular flexibility index (Phi) is 5.51. The molecule has 160 valence electrons. The lowest BCUT2D eigenvalue weighted by atomic mass is 9.85. The third-order valence-corrected chi connectivity index (χ3v) is 4.44. The number of carbonyl (C=O) groups is 1. The Labute approximate surface area is 168 Å². The summed E-state index contributed by atoms with van der Waals surface area (Å²) in [7, 11) is 1.39. The summed E-state index contributed by atoms with van der Waals surface area (Å²) in [6.45, 7) is 1.31. The maximum atomic E-state index is 14.5. The molecule has 0 saturated carbocycles. The average Bonchev–Trinajstić information content (AvgIpc) is 2.68. The largest absolute Gasteiger partial charge is 0.480 e. The van der Waals surface area contributed by atoms with Gasteiger partial charge in [-0.3, -0.25) is 4.79 Å². The number of aromatic nitrogens is 2. The van der Waals surface area contributed by atoms with Gasteiger partial charge in [0.15, 0.2) is 6.10 Å². The van der Waals surface area contributed by atoms with Gasteiger partial charge in [0.2, 0.25) is 5.88 Å². The number of nitrogens with two attached hydrogens (primary N) is 1. The molecule has 0 radical (unpaired) electrons. The maximum absolute atomic E-state index is 14.5. The minimum atomic E-state index is -4.71. The van der Waals surface area contributed by atoms with Crippen LogP contribution in [0.2, 0.25) is 0 Å². The summed E-state index contributed by atoms with van der Waals surface area (Å²) in [5.74, 6) is -1.26. The number of aliphatic imine (C=N–C) groups is 1. The van der Waals surface area contributed by atoms with E-state index in [1.54, 1.807) is 0 Å². The molecule has 0 bridgehead atoms. The minimum absolute atomic E-state index is 0.0432. The number of nitrogens with zero attached hydrogens (tertiary/aromatic N) is 3. The van der Waals surface area contributed by atoms with Crippen LogP contribution in [0.4, 0.5) is 23.2 Å². The van der Waals surface area contributed by atoms with Crippen LogP contribution in [-0.4, -0.2) is 41.3 Å². The molecule has 2 heterocycles. The Balaban J connectivity index is 1.89. The average molecular weight is 427 g/mol. The number of alkyl halides is 3. The number of rotatable bonds is 4. The summed E-state index contributed by atoms with van der Waals surface area (Å²) < 4.78 is 63.4. The molecule has 2 atom stereocenters. The smallest absolute Gasteiger partial charge is 0.425 e. The molecule has 30 heavy (non-hydrogen) atoms. The van der Waals surface area contributed by atoms with Crippen LogP contribution in [0.5, 0.6) is 5.88 Å². The number of amides is 1. The zero-order valence-electron chi connectivity index (χ0n) is 15.8. The second-order valence-corrected chi connectivity index (χ2v) is 6.67. The van der Waals surface area contributed by atoms with E-state index in [-0.39, 0.29) is 22.8 Å². The van der Waals surface area contributed by atoms with Gasteiger partial charge in [-0.2, -0.15) is 13.2 Å². The number of halogens is 4. The van der Waals surface area contributed by atoms with Crippen molar-refractivity contribution in [2.45, 2.75) is 31.2 Å². The van der Waals surface area contributed by atoms with Crippen LogP contribution in [0.15, 0.2) is 35.6 Å². The summed E-state index contributed by atoms with van der Waals surface area (Å²) in [6.07, 6.45) is -5.22. The number of benzene rings is 1. The lowest BCUT2D eigenvalue weighted by Gasteiger charge is -2.36. The first-order chi connectivity index (χ1) is 14.0. The molecule has 1 aliphatic rings. The van der Waals surface area contributed by atoms with Crippen molar-refractivity contribution in [1.29, 1.82) is 0 Å². The Morgan fingerprint density at radius 2 is 2.07 bits per heavy atom. The van der Waals surface area contributed by atoms with E-state index in [4.69, 9.17) is 10.5 Å². The molecule has 0 fully saturated rings. The molecule has 1 amide bonds. The molecule has 3 rings (SSSR count). The molecule has 0 saturated heterocycles. The highest BCUT2D eigenvalue weighted by molar-refractivity contribution is 6.02. The monoisotopic (exact) mass is 427 g/mol. The second kappa shape index (κ2) is 7.76. The molecule has 1 aromatic carbocycles. The quantitative estimate of drug-likeness (QED) is 0.726. The van der Waals surface area contributed by atoms with Crippen molar-refractivity contribution < 1.29 is 31.8 Å². The number of hydrogen-bond donors (Lipinski definition) is 2. The highest BCUT2D eigenvalue weighted by atomic mass is 19.4. The summed E-state index contributed by atoms with van der Waals surface area (Å²) in [4.78, 5) is 24.0. The van der Waals surface area contributed by atoms with Crippen LogP contribution in [-0.2, 0) is 10.3 Å². The van der Waals surface area contributed by atoms with Gasteiger partial charge in [0.1, 0.15) is 11.5 Å². The number of anilines is 1. The number of hydrogen-bond acceptors (Lipinski definition) is 7. The van der Waals surface area contributed by atoms with Crippen molar-refractivity contribution in [3.05, 3.63) is 47.7 Å². The van der Waals surface area contributed by atoms with Crippen LogP contribution in [0, 0.1) is 5.82 Å². The number of amidine groups is 1. The molecule has 8 nitrogen and oxygen atoms in total. The number of ether oxygens (including phenoxy) is 2. The van der Waals surface area contributed by atoms with Gasteiger partial charge in [0.25, 0.3) is 11.9 Å². The molecule has 1 aromatic heterocycles. The van der Waals surface area contributed by atoms with Crippen LogP contribution >= 0.6 is 0 Å². The van der Waals surface area contributed by atoms with Gasteiger partial charge in [-0.25, -0.2) is 19.4 Å². The van der Waals surface area contributed by atoms with Crippen molar-refractivity contribution >= 4 is 17.6 Å². The SMILES string of the molecule is COc1cnc(C(=O)Nc2ccc(F)c([C@@]3(C)C[C@@H](C(F)(F)F)OC(N)=N3)c2)cn1. The van der Waals surface area contributed by atoms with Crippen LogP contribution < -0.4 is 15.8 Å². The van der Waals surface area contributed by atoms with E-state index in [0.29, 0.717) is 0 Å². The molecular formula is C18H17F4N5O3. The van der Waals surface area contributed by atoms with E-state index in [1.165, 1.54) is 38.6 Å². The first-order valence-corrected chi connectivity index (χ1v) is 8.58. The fourth-order valence-electron chi connectivity index (χ4n) is 2.97. The van der Waals surface area contributed by atoms with Crippen molar-refractivity contribution in [3.63, 3.8) is 0 Å². The lowest BCUT2D eigenvalue weighted by Crippen LogP contribution is -2.46. The molecule has 0 unspecified atom stereocenters. The molecular weight excluding hydrogens is 410 g/mol. The fourth-order valence-corrected chi connectivity index (χ4v) is 2.97. The zero-order chi connectivity index (χ0) is 22.1. The summed E-state index contributed by atoms with van der Waals surface area (Å²) in [5.41, 5.74) is 3.66. The van der Waals surface area contributed by atoms with Crippen molar-refractivity contribution in [3.8, 4) is 5.88 Å². The first-order valence-electron chi connectivity index (χ1n) is 8.58. The Morgan fingerprint density at radius 3 is 2.67 bits per heavy atom. The summed E-state index contributed by atoms with van der Waals surface area (Å²) in [6, 6.07) is 2.76. The molecule has 12 heteroatoms. The standard InChI is InChI=1S/C18H17F4N5O3/c1-17(6-13(18(20,21)22)30-16(23)27-17)10-5-9(3-4-11(10)19)26-15(28)12-7-25-14(29-2)8-24-12/h3-5,7-8,13H,6H2,1-2H3,(H2,23,27)(H,26,28)/t13-,17+/m0/s1. The second-order valence-electron chi connectivity index (χ2n) is 6.67. The predicted octanol–water partition coefficient (Wildman–Crippen LogP) is 2.76. The van der Waals surface area contributed by atoms with Gasteiger partial charge in [0.05, 0.1) is 25.0 Å². The first kappa shape index (κ1) is 21.3. The number of carbonyl (C=O) groups excluding carboxylic acids is 1. The van der Waals surface area contributed by atoms with Gasteiger partial charge >= 0.3 is 6.18 Å². The molecule has 2 aromatic rings. The minimum Gasteiger partial charge on any atom is -0.480 e. The molecule has 0 aliphatic carbocycles. The highest BCUT2D eigenvalue weighted by Crippen LogP contribution is 2.41. The van der Waals surface area contributed by atoms with Crippen molar-refractivity contribution in [1.82, 2.24) is 9.97 Å². The Hall–Kier alpha value is -3.44. The molecule has 3 N–H and O–H groups in total. The van der Waals surface area contributed by atoms with Crippen molar-refractivity contribution in [2.24, 2.45) is 10.7 Å². The number of nitrogens with one attached hydrogen (secondary N) is 1. The van der Waals surface area contributed by atoms with Crippen LogP contribution in [0.25, 0.3) is 0 Å². The third kappa shape index (κ3) is 4.42. The van der Waals surface area contributed by atoms with Gasteiger partial charge in [0, 0.05) is 17.7 Å². The summed E-state index contributed by atoms with van der Waals surface area (Å²) >= 11 is 0. The van der Waals surface area contributed by atoms with E-state index in [0.717, 1.165) is 6.07 Å². The molecule has 1 aliphatic heterocycles. The van der Waals surface area contributed by atoms with Gasteiger partial charge < -0.3 is 20.5 Å². The van der Waals surface area contributed by atoms with Gasteiger partial charge in [-0.15, -0.1) is 0 Å². The molecule has 0 spiro atoms. The highest BCUT2D eigenvalue weighted by Gasteiger charge is 2.50. The Morgan fingerprint density at radius 1 is 1.33 bits per heavy atom. The van der Waals surface area contributed by atoms with E-state index >= 15 is 0 Å². The predicted molar refractivity (Wildman–Crippen MR) is 97.5 cm³/mol. The topological polar surface area (TPSA) is 112 Å². The van der Waals surface area contributed by atoms with E-state index in [1.807, 2.05) is 0 Å². The maximum Gasteiger partial charge on any atom is 0.425 e. The lowest BCUT2D eigenvalue weighted by molar-refractivity contribution is -0.208. The van der Waals surface area contributed by atoms with E-state index in [9.17, 15) is 22.4 Å². The van der Waals surface area contributed by atoms with E-state index in [2.05, 4.69) is 25.0 Å². The van der Waals surface area contributed by atoms with Crippen LogP contribution in [0.3, 0.4) is 0 Å².